The standard InChI is InChI=1S/C17H35N3O2S/c1-14(2)8-11-19(12-9-15(3)4)23(21,22)20-16-5-6-17(20)13-18-10-7-16/h14-18H,5-13H2,1-4H3. The Morgan fingerprint density at radius 3 is 2.13 bits per heavy atom. The molecule has 136 valence electrons. The summed E-state index contributed by atoms with van der Waals surface area (Å²) in [6, 6.07) is 0.341. The van der Waals surface area contributed by atoms with Crippen molar-refractivity contribution >= 4 is 10.2 Å². The van der Waals surface area contributed by atoms with E-state index in [1.807, 2.05) is 4.31 Å². The Morgan fingerprint density at radius 2 is 1.57 bits per heavy atom. The lowest BCUT2D eigenvalue weighted by Gasteiger charge is -2.33. The topological polar surface area (TPSA) is 52.7 Å². The predicted octanol–water partition coefficient (Wildman–Crippen LogP) is 2.45. The quantitative estimate of drug-likeness (QED) is 0.735. The van der Waals surface area contributed by atoms with Gasteiger partial charge in [0.25, 0.3) is 10.2 Å². The van der Waals surface area contributed by atoms with Crippen LogP contribution in [-0.2, 0) is 10.2 Å². The van der Waals surface area contributed by atoms with Gasteiger partial charge in [-0.15, -0.1) is 0 Å². The first-order valence-electron chi connectivity index (χ1n) is 9.31. The molecule has 2 unspecified atom stereocenters. The molecule has 0 amide bonds. The Hall–Kier alpha value is -0.170. The van der Waals surface area contributed by atoms with Crippen molar-refractivity contribution in [2.24, 2.45) is 11.8 Å². The summed E-state index contributed by atoms with van der Waals surface area (Å²) < 4.78 is 30.3. The van der Waals surface area contributed by atoms with E-state index < -0.39 is 10.2 Å². The number of rotatable bonds is 8. The van der Waals surface area contributed by atoms with Crippen molar-refractivity contribution in [3.8, 4) is 0 Å². The van der Waals surface area contributed by atoms with Crippen LogP contribution in [0, 0.1) is 11.8 Å². The zero-order valence-electron chi connectivity index (χ0n) is 15.3. The molecule has 23 heavy (non-hydrogen) atoms. The normalized spacial score (nSPS) is 26.4. The monoisotopic (exact) mass is 345 g/mol. The van der Waals surface area contributed by atoms with Gasteiger partial charge in [0.15, 0.2) is 0 Å². The van der Waals surface area contributed by atoms with Crippen LogP contribution in [0.15, 0.2) is 0 Å². The van der Waals surface area contributed by atoms with Gasteiger partial charge in [0.05, 0.1) is 0 Å². The Bertz CT molecular complexity index is 438. The van der Waals surface area contributed by atoms with Crippen molar-refractivity contribution < 1.29 is 8.42 Å². The molecule has 0 saturated carbocycles. The maximum atomic E-state index is 13.3. The minimum absolute atomic E-state index is 0.146. The summed E-state index contributed by atoms with van der Waals surface area (Å²) in [5.74, 6) is 1.04. The molecule has 2 saturated heterocycles. The van der Waals surface area contributed by atoms with E-state index in [1.165, 1.54) is 0 Å². The molecule has 0 spiro atoms. The van der Waals surface area contributed by atoms with Gasteiger partial charge in [-0.1, -0.05) is 27.7 Å². The molecule has 0 aromatic rings. The maximum absolute atomic E-state index is 13.3. The van der Waals surface area contributed by atoms with Crippen molar-refractivity contribution in [1.29, 1.82) is 0 Å². The fraction of sp³-hybridized carbons (Fsp3) is 1.00. The molecule has 0 radical (unpaired) electrons. The Morgan fingerprint density at radius 1 is 1.00 bits per heavy atom. The third-order valence-corrected chi connectivity index (χ3v) is 7.24. The van der Waals surface area contributed by atoms with E-state index in [4.69, 9.17) is 0 Å². The molecular weight excluding hydrogens is 310 g/mol. The SMILES string of the molecule is CC(C)CCN(CCC(C)C)S(=O)(=O)N1C2CCNCC1CC2. The zero-order chi connectivity index (χ0) is 17.0. The summed E-state index contributed by atoms with van der Waals surface area (Å²) in [4.78, 5) is 0. The van der Waals surface area contributed by atoms with Gasteiger partial charge in [-0.2, -0.15) is 17.0 Å². The molecule has 1 N–H and O–H groups in total. The second-order valence-corrected chi connectivity index (χ2v) is 9.81. The molecule has 0 aromatic heterocycles. The van der Waals surface area contributed by atoms with E-state index >= 15 is 0 Å². The predicted molar refractivity (Wildman–Crippen MR) is 95.5 cm³/mol. The highest BCUT2D eigenvalue weighted by Crippen LogP contribution is 2.32. The highest BCUT2D eigenvalue weighted by Gasteiger charge is 2.44. The second kappa shape index (κ2) is 8.28. The Balaban J connectivity index is 2.16. The van der Waals surface area contributed by atoms with E-state index in [0.717, 1.165) is 45.2 Å². The molecule has 0 aromatic carbocycles. The molecule has 2 bridgehead atoms. The number of hydrogen-bond acceptors (Lipinski definition) is 3. The van der Waals surface area contributed by atoms with Crippen LogP contribution < -0.4 is 5.32 Å². The lowest BCUT2D eigenvalue weighted by atomic mass is 10.1. The van der Waals surface area contributed by atoms with Crippen LogP contribution in [0.2, 0.25) is 0 Å². The first kappa shape index (κ1) is 19.2. The highest BCUT2D eigenvalue weighted by molar-refractivity contribution is 7.86. The number of hydrogen-bond donors (Lipinski definition) is 1. The molecule has 2 heterocycles. The average molecular weight is 346 g/mol. The number of nitrogens with zero attached hydrogens (tertiary/aromatic N) is 2. The van der Waals surface area contributed by atoms with E-state index in [0.29, 0.717) is 24.9 Å². The minimum Gasteiger partial charge on any atom is -0.315 e. The second-order valence-electron chi connectivity index (χ2n) is 7.98. The number of fused-ring (bicyclic) bond motifs is 2. The van der Waals surface area contributed by atoms with Crippen LogP contribution >= 0.6 is 0 Å². The summed E-state index contributed by atoms with van der Waals surface area (Å²) in [5.41, 5.74) is 0. The van der Waals surface area contributed by atoms with Crippen LogP contribution in [0.3, 0.4) is 0 Å². The van der Waals surface area contributed by atoms with Gasteiger partial charge in [-0.25, -0.2) is 0 Å². The Kier molecular flexibility index (Phi) is 6.89. The van der Waals surface area contributed by atoms with E-state index in [2.05, 4.69) is 33.0 Å². The van der Waals surface area contributed by atoms with Gasteiger partial charge < -0.3 is 5.32 Å². The summed E-state index contributed by atoms with van der Waals surface area (Å²) >= 11 is 0. The van der Waals surface area contributed by atoms with Gasteiger partial charge in [0, 0.05) is 31.7 Å². The molecule has 2 rings (SSSR count). The van der Waals surface area contributed by atoms with Crippen LogP contribution in [0.4, 0.5) is 0 Å². The lowest BCUT2D eigenvalue weighted by Crippen LogP contribution is -2.50. The lowest BCUT2D eigenvalue weighted by molar-refractivity contribution is 0.277. The molecule has 2 fully saturated rings. The third kappa shape index (κ3) is 4.91. The van der Waals surface area contributed by atoms with Crippen molar-refractivity contribution in [3.63, 3.8) is 0 Å². The van der Waals surface area contributed by atoms with E-state index in [9.17, 15) is 8.42 Å². The van der Waals surface area contributed by atoms with E-state index in [1.54, 1.807) is 4.31 Å². The maximum Gasteiger partial charge on any atom is 0.282 e. The van der Waals surface area contributed by atoms with Gasteiger partial charge in [-0.05, 0) is 50.5 Å². The minimum atomic E-state index is -3.35. The van der Waals surface area contributed by atoms with Gasteiger partial charge >= 0.3 is 0 Å². The molecule has 2 aliphatic heterocycles. The zero-order valence-corrected chi connectivity index (χ0v) is 16.1. The van der Waals surface area contributed by atoms with Crippen molar-refractivity contribution in [2.75, 3.05) is 26.2 Å². The van der Waals surface area contributed by atoms with Crippen molar-refractivity contribution in [1.82, 2.24) is 13.9 Å². The molecule has 5 nitrogen and oxygen atoms in total. The molecule has 6 heteroatoms. The van der Waals surface area contributed by atoms with E-state index in [-0.39, 0.29) is 12.1 Å². The van der Waals surface area contributed by atoms with Crippen LogP contribution in [0.5, 0.6) is 0 Å². The first-order valence-corrected chi connectivity index (χ1v) is 10.7. The van der Waals surface area contributed by atoms with Crippen LogP contribution in [0.25, 0.3) is 0 Å². The summed E-state index contributed by atoms with van der Waals surface area (Å²) in [5, 5.41) is 3.40. The van der Waals surface area contributed by atoms with Gasteiger partial charge in [0.2, 0.25) is 0 Å². The smallest absolute Gasteiger partial charge is 0.282 e. The molecule has 0 aliphatic carbocycles. The van der Waals surface area contributed by atoms with Crippen molar-refractivity contribution in [2.45, 2.75) is 71.9 Å². The van der Waals surface area contributed by atoms with Crippen LogP contribution in [-0.4, -0.2) is 55.3 Å². The largest absolute Gasteiger partial charge is 0.315 e. The third-order valence-electron chi connectivity index (χ3n) is 5.09. The Labute approximate surface area is 143 Å². The first-order chi connectivity index (χ1) is 10.8. The molecule has 2 aliphatic rings. The fourth-order valence-corrected chi connectivity index (χ4v) is 5.68. The fourth-order valence-electron chi connectivity index (χ4n) is 3.60. The molecular formula is C17H35N3O2S. The highest BCUT2D eigenvalue weighted by atomic mass is 32.2. The van der Waals surface area contributed by atoms with Crippen molar-refractivity contribution in [3.05, 3.63) is 0 Å². The van der Waals surface area contributed by atoms with Gasteiger partial charge in [-0.3, -0.25) is 0 Å². The summed E-state index contributed by atoms with van der Waals surface area (Å²) in [7, 11) is -3.35. The number of nitrogens with one attached hydrogen (secondary N) is 1. The average Bonchev–Trinajstić information content (AvgIpc) is 2.71. The molecule has 2 atom stereocenters. The summed E-state index contributed by atoms with van der Waals surface area (Å²) in [6.45, 7) is 11.7. The summed E-state index contributed by atoms with van der Waals surface area (Å²) in [6.07, 6.45) is 4.82. The van der Waals surface area contributed by atoms with Gasteiger partial charge in [0.1, 0.15) is 0 Å². The van der Waals surface area contributed by atoms with Crippen LogP contribution in [0.1, 0.15) is 59.8 Å².